The van der Waals surface area contributed by atoms with Gasteiger partial charge in [-0.2, -0.15) is 0 Å². The number of pyridine rings is 1. The van der Waals surface area contributed by atoms with Gasteiger partial charge in [0.05, 0.1) is 5.52 Å². The molecule has 0 saturated heterocycles. The Balaban J connectivity index is 2.48. The van der Waals surface area contributed by atoms with Crippen LogP contribution in [0, 0.1) is 0 Å². The number of nitrogens with zero attached hydrogens (tertiary/aromatic N) is 2. The van der Waals surface area contributed by atoms with Gasteiger partial charge < -0.3 is 0 Å². The molecule has 2 heteroatoms. The minimum atomic E-state index is 1.01. The summed E-state index contributed by atoms with van der Waals surface area (Å²) in [7, 11) is 0. The maximum absolute atomic E-state index is 4.29. The van der Waals surface area contributed by atoms with E-state index in [9.17, 15) is 0 Å². The highest BCUT2D eigenvalue weighted by molar-refractivity contribution is 5.82. The summed E-state index contributed by atoms with van der Waals surface area (Å²) in [5, 5.41) is 1.26. The SMILES string of the molecule is CCc1ccc2ccc3nccn3c2c1. The Bertz CT molecular complexity index is 623. The average molecular weight is 196 g/mol. The maximum Gasteiger partial charge on any atom is 0.137 e. The molecule has 3 aromatic rings. The van der Waals surface area contributed by atoms with E-state index in [0.717, 1.165) is 12.1 Å². The van der Waals surface area contributed by atoms with E-state index in [-0.39, 0.29) is 0 Å². The number of fused-ring (bicyclic) bond motifs is 3. The van der Waals surface area contributed by atoms with Crippen LogP contribution in [0.1, 0.15) is 12.5 Å². The van der Waals surface area contributed by atoms with E-state index in [0.29, 0.717) is 0 Å². The van der Waals surface area contributed by atoms with Crippen LogP contribution in [0.2, 0.25) is 0 Å². The Morgan fingerprint density at radius 3 is 2.93 bits per heavy atom. The second-order valence-corrected chi connectivity index (χ2v) is 3.74. The van der Waals surface area contributed by atoms with Crippen LogP contribution in [0.25, 0.3) is 16.6 Å². The van der Waals surface area contributed by atoms with Gasteiger partial charge >= 0.3 is 0 Å². The maximum atomic E-state index is 4.29. The molecule has 0 unspecified atom stereocenters. The van der Waals surface area contributed by atoms with Crippen molar-refractivity contribution in [3.63, 3.8) is 0 Å². The van der Waals surface area contributed by atoms with Gasteiger partial charge in [0, 0.05) is 12.4 Å². The van der Waals surface area contributed by atoms with Crippen LogP contribution in [-0.4, -0.2) is 9.38 Å². The van der Waals surface area contributed by atoms with Gasteiger partial charge in [0.15, 0.2) is 0 Å². The minimum Gasteiger partial charge on any atom is -0.300 e. The largest absolute Gasteiger partial charge is 0.300 e. The zero-order valence-electron chi connectivity index (χ0n) is 8.64. The molecule has 15 heavy (non-hydrogen) atoms. The molecule has 0 saturated carbocycles. The highest BCUT2D eigenvalue weighted by Gasteiger charge is 2.00. The molecule has 1 aromatic carbocycles. The smallest absolute Gasteiger partial charge is 0.137 e. The van der Waals surface area contributed by atoms with Crippen LogP contribution in [0.5, 0.6) is 0 Å². The van der Waals surface area contributed by atoms with Crippen molar-refractivity contribution in [3.05, 3.63) is 48.3 Å². The summed E-state index contributed by atoms with van der Waals surface area (Å²) < 4.78 is 2.13. The Morgan fingerprint density at radius 2 is 2.07 bits per heavy atom. The fraction of sp³-hybridized carbons (Fsp3) is 0.154. The molecular weight excluding hydrogens is 184 g/mol. The monoisotopic (exact) mass is 196 g/mol. The molecule has 0 aliphatic heterocycles. The van der Waals surface area contributed by atoms with Gasteiger partial charge in [-0.15, -0.1) is 0 Å². The molecule has 2 heterocycles. The number of aryl methyl sites for hydroxylation is 1. The van der Waals surface area contributed by atoms with Crippen LogP contribution in [0.3, 0.4) is 0 Å². The minimum absolute atomic E-state index is 1.01. The zero-order chi connectivity index (χ0) is 10.3. The normalized spacial score (nSPS) is 11.3. The summed E-state index contributed by atoms with van der Waals surface area (Å²) in [6, 6.07) is 10.8. The molecule has 0 atom stereocenters. The first kappa shape index (κ1) is 8.48. The third-order valence-electron chi connectivity index (χ3n) is 2.84. The van der Waals surface area contributed by atoms with Gasteiger partial charge in [0.1, 0.15) is 5.65 Å². The highest BCUT2D eigenvalue weighted by Crippen LogP contribution is 2.18. The first-order valence-corrected chi connectivity index (χ1v) is 5.23. The molecule has 0 aliphatic rings. The van der Waals surface area contributed by atoms with E-state index in [2.05, 4.69) is 40.6 Å². The lowest BCUT2D eigenvalue weighted by atomic mass is 10.1. The molecule has 0 bridgehead atoms. The van der Waals surface area contributed by atoms with Gasteiger partial charge in [0.25, 0.3) is 0 Å². The molecule has 3 rings (SSSR count). The summed E-state index contributed by atoms with van der Waals surface area (Å²) in [6.45, 7) is 2.18. The first-order valence-electron chi connectivity index (χ1n) is 5.23. The molecular formula is C13H12N2. The van der Waals surface area contributed by atoms with Crippen LogP contribution >= 0.6 is 0 Å². The lowest BCUT2D eigenvalue weighted by Gasteiger charge is -2.04. The summed E-state index contributed by atoms with van der Waals surface area (Å²) in [5.41, 5.74) is 3.61. The van der Waals surface area contributed by atoms with E-state index in [1.165, 1.54) is 16.5 Å². The zero-order valence-corrected chi connectivity index (χ0v) is 8.64. The predicted octanol–water partition coefficient (Wildman–Crippen LogP) is 3.05. The van der Waals surface area contributed by atoms with E-state index in [1.54, 1.807) is 0 Å². The number of imidazole rings is 1. The van der Waals surface area contributed by atoms with Gasteiger partial charge in [0.2, 0.25) is 0 Å². The molecule has 74 valence electrons. The van der Waals surface area contributed by atoms with Crippen molar-refractivity contribution in [2.45, 2.75) is 13.3 Å². The van der Waals surface area contributed by atoms with E-state index in [4.69, 9.17) is 0 Å². The quantitative estimate of drug-likeness (QED) is 0.584. The van der Waals surface area contributed by atoms with Crippen LogP contribution in [0.15, 0.2) is 42.7 Å². The van der Waals surface area contributed by atoms with Gasteiger partial charge in [-0.25, -0.2) is 4.98 Å². The summed E-state index contributed by atoms with van der Waals surface area (Å²) in [5.74, 6) is 0. The van der Waals surface area contributed by atoms with E-state index >= 15 is 0 Å². The third kappa shape index (κ3) is 1.22. The Hall–Kier alpha value is -1.83. The fourth-order valence-corrected chi connectivity index (χ4v) is 1.97. The molecule has 2 aromatic heterocycles. The van der Waals surface area contributed by atoms with Crippen molar-refractivity contribution in [2.75, 3.05) is 0 Å². The standard InChI is InChI=1S/C13H12N2/c1-2-10-3-4-11-5-6-13-14-7-8-15(13)12(11)9-10/h3-9H,2H2,1H3. The summed E-state index contributed by atoms with van der Waals surface area (Å²) >= 11 is 0. The molecule has 0 radical (unpaired) electrons. The van der Waals surface area contributed by atoms with Crippen LogP contribution in [-0.2, 0) is 6.42 Å². The van der Waals surface area contributed by atoms with Crippen molar-refractivity contribution in [2.24, 2.45) is 0 Å². The number of aromatic nitrogens is 2. The highest BCUT2D eigenvalue weighted by atomic mass is 15.0. The third-order valence-corrected chi connectivity index (χ3v) is 2.84. The molecule has 0 fully saturated rings. The van der Waals surface area contributed by atoms with Gasteiger partial charge in [-0.05, 0) is 35.6 Å². The Labute approximate surface area is 88.2 Å². The van der Waals surface area contributed by atoms with Gasteiger partial charge in [-0.1, -0.05) is 19.1 Å². The lowest BCUT2D eigenvalue weighted by Crippen LogP contribution is -1.88. The second-order valence-electron chi connectivity index (χ2n) is 3.74. The number of rotatable bonds is 1. The van der Waals surface area contributed by atoms with Gasteiger partial charge in [-0.3, -0.25) is 4.40 Å². The first-order chi connectivity index (χ1) is 7.38. The summed E-state index contributed by atoms with van der Waals surface area (Å²) in [6.07, 6.45) is 4.92. The topological polar surface area (TPSA) is 17.3 Å². The number of hydrogen-bond donors (Lipinski definition) is 0. The van der Waals surface area contributed by atoms with Crippen molar-refractivity contribution in [1.29, 1.82) is 0 Å². The molecule has 0 N–H and O–H groups in total. The molecule has 0 spiro atoms. The van der Waals surface area contributed by atoms with Crippen molar-refractivity contribution in [1.82, 2.24) is 9.38 Å². The van der Waals surface area contributed by atoms with Crippen molar-refractivity contribution in [3.8, 4) is 0 Å². The van der Waals surface area contributed by atoms with E-state index < -0.39 is 0 Å². The Morgan fingerprint density at radius 1 is 1.20 bits per heavy atom. The number of hydrogen-bond acceptors (Lipinski definition) is 1. The lowest BCUT2D eigenvalue weighted by molar-refractivity contribution is 1.14. The second kappa shape index (κ2) is 3.09. The Kier molecular flexibility index (Phi) is 1.75. The predicted molar refractivity (Wildman–Crippen MR) is 62.1 cm³/mol. The number of benzene rings is 1. The van der Waals surface area contributed by atoms with E-state index in [1.807, 2.05) is 18.5 Å². The fourth-order valence-electron chi connectivity index (χ4n) is 1.97. The van der Waals surface area contributed by atoms with Crippen LogP contribution < -0.4 is 0 Å². The molecule has 0 aliphatic carbocycles. The van der Waals surface area contributed by atoms with Crippen molar-refractivity contribution < 1.29 is 0 Å². The average Bonchev–Trinajstić information content (AvgIpc) is 2.76. The summed E-state index contributed by atoms with van der Waals surface area (Å²) in [4.78, 5) is 4.29. The van der Waals surface area contributed by atoms with Crippen molar-refractivity contribution >= 4 is 16.6 Å². The molecule has 2 nitrogen and oxygen atoms in total. The molecule has 0 amide bonds. The van der Waals surface area contributed by atoms with Crippen LogP contribution in [0.4, 0.5) is 0 Å².